The van der Waals surface area contributed by atoms with Gasteiger partial charge in [-0.25, -0.2) is 9.59 Å². The highest BCUT2D eigenvalue weighted by Gasteiger charge is 2.43. The smallest absolute Gasteiger partial charge is 0.412 e. The van der Waals surface area contributed by atoms with E-state index < -0.39 is 35.7 Å². The summed E-state index contributed by atoms with van der Waals surface area (Å²) >= 11 is 0. The first-order valence-corrected chi connectivity index (χ1v) is 10.7. The van der Waals surface area contributed by atoms with E-state index in [2.05, 4.69) is 5.32 Å². The molecule has 1 aromatic rings. The van der Waals surface area contributed by atoms with Crippen LogP contribution in [0.3, 0.4) is 0 Å². The van der Waals surface area contributed by atoms with Crippen LogP contribution in [0.2, 0.25) is 0 Å². The Bertz CT molecular complexity index is 768. The standard InChI is InChI=1S/C23H34N2O6.H2/c1-7-29-21(27)18(13-17-11-9-8-10-12-17)24-20(26)19-15(2)16(3)30-14-25(19)22(28)31-23(4,5)6;/h8-12,15-16,18-19H,7,13-14H2,1-6H3,(H,24,26);1H/t15-,16-,18-,19-;/m0./s1. The van der Waals surface area contributed by atoms with Crippen LogP contribution in [0, 0.1) is 5.92 Å². The third-order valence-electron chi connectivity index (χ3n) is 5.12. The predicted octanol–water partition coefficient (Wildman–Crippen LogP) is 3.14. The minimum atomic E-state index is -0.874. The van der Waals surface area contributed by atoms with Crippen LogP contribution in [-0.2, 0) is 30.2 Å². The highest BCUT2D eigenvalue weighted by Crippen LogP contribution is 2.26. The summed E-state index contributed by atoms with van der Waals surface area (Å²) in [5, 5.41) is 2.80. The van der Waals surface area contributed by atoms with Crippen molar-refractivity contribution >= 4 is 18.0 Å². The van der Waals surface area contributed by atoms with Gasteiger partial charge in [0.05, 0.1) is 12.7 Å². The zero-order valence-corrected chi connectivity index (χ0v) is 19.2. The van der Waals surface area contributed by atoms with Crippen molar-refractivity contribution < 1.29 is 30.0 Å². The van der Waals surface area contributed by atoms with Gasteiger partial charge in [0.2, 0.25) is 5.91 Å². The van der Waals surface area contributed by atoms with Crippen LogP contribution in [0.1, 0.15) is 48.5 Å². The van der Waals surface area contributed by atoms with Crippen LogP contribution < -0.4 is 5.32 Å². The lowest BCUT2D eigenvalue weighted by molar-refractivity contribution is -0.155. The molecule has 31 heavy (non-hydrogen) atoms. The minimum absolute atomic E-state index is 0. The van der Waals surface area contributed by atoms with E-state index in [1.165, 1.54) is 4.90 Å². The van der Waals surface area contributed by atoms with E-state index in [1.54, 1.807) is 27.7 Å². The van der Waals surface area contributed by atoms with Crippen molar-refractivity contribution in [3.05, 3.63) is 35.9 Å². The molecule has 0 aliphatic carbocycles. The second-order valence-corrected chi connectivity index (χ2v) is 8.76. The Morgan fingerprint density at radius 3 is 2.45 bits per heavy atom. The van der Waals surface area contributed by atoms with Crippen molar-refractivity contribution in [2.45, 2.75) is 71.8 Å². The lowest BCUT2D eigenvalue weighted by Gasteiger charge is -2.42. The Balaban J connectivity index is 0.00000512. The number of ether oxygens (including phenoxy) is 3. The van der Waals surface area contributed by atoms with Gasteiger partial charge in [0.1, 0.15) is 24.4 Å². The first-order chi connectivity index (χ1) is 14.5. The van der Waals surface area contributed by atoms with E-state index in [0.29, 0.717) is 0 Å². The normalized spacial score (nSPS) is 22.4. The number of amides is 2. The molecule has 174 valence electrons. The molecule has 1 aromatic carbocycles. The van der Waals surface area contributed by atoms with Gasteiger partial charge in [-0.15, -0.1) is 0 Å². The Hall–Kier alpha value is -2.61. The number of hydrogen-bond donors (Lipinski definition) is 1. The fourth-order valence-electron chi connectivity index (χ4n) is 3.38. The van der Waals surface area contributed by atoms with E-state index >= 15 is 0 Å². The molecule has 4 atom stereocenters. The molecular formula is C23H36N2O6. The van der Waals surface area contributed by atoms with Gasteiger partial charge >= 0.3 is 12.1 Å². The zero-order valence-electron chi connectivity index (χ0n) is 19.2. The maximum Gasteiger partial charge on any atom is 0.412 e. The molecule has 1 saturated heterocycles. The van der Waals surface area contributed by atoms with E-state index in [-0.39, 0.29) is 33.2 Å². The molecule has 1 aliphatic rings. The molecule has 0 saturated carbocycles. The second-order valence-electron chi connectivity index (χ2n) is 8.76. The summed E-state index contributed by atoms with van der Waals surface area (Å²) in [4.78, 5) is 39.9. The average molecular weight is 437 g/mol. The fourth-order valence-corrected chi connectivity index (χ4v) is 3.38. The number of nitrogens with zero attached hydrogens (tertiary/aromatic N) is 1. The van der Waals surface area contributed by atoms with E-state index in [4.69, 9.17) is 14.2 Å². The summed E-state index contributed by atoms with van der Waals surface area (Å²) < 4.78 is 16.3. The van der Waals surface area contributed by atoms with Crippen LogP contribution in [0.25, 0.3) is 0 Å². The molecule has 8 heteroatoms. The van der Waals surface area contributed by atoms with Crippen LogP contribution in [0.4, 0.5) is 4.79 Å². The SMILES string of the molecule is CCOC(=O)[C@H](Cc1ccccc1)NC(=O)[C@@H]1[C@@H](C)[C@H](C)OCN1C(=O)OC(C)(C)C.[HH]. The number of esters is 1. The molecule has 0 bridgehead atoms. The molecule has 0 aromatic heterocycles. The van der Waals surface area contributed by atoms with Gasteiger partial charge in [-0.05, 0) is 40.2 Å². The molecule has 1 N–H and O–H groups in total. The summed E-state index contributed by atoms with van der Waals surface area (Å²) in [7, 11) is 0. The largest absolute Gasteiger partial charge is 0.464 e. The molecule has 0 unspecified atom stereocenters. The first kappa shape index (κ1) is 24.7. The fraction of sp³-hybridized carbons (Fsp3) is 0.609. The van der Waals surface area contributed by atoms with E-state index in [0.717, 1.165) is 5.56 Å². The summed E-state index contributed by atoms with van der Waals surface area (Å²) in [5.41, 5.74) is 0.170. The van der Waals surface area contributed by atoms with Crippen LogP contribution in [0.15, 0.2) is 30.3 Å². The first-order valence-electron chi connectivity index (χ1n) is 10.7. The Kier molecular flexibility index (Phi) is 8.44. The van der Waals surface area contributed by atoms with Crippen LogP contribution >= 0.6 is 0 Å². The molecular weight excluding hydrogens is 400 g/mol. The highest BCUT2D eigenvalue weighted by molar-refractivity contribution is 5.90. The molecule has 0 spiro atoms. The molecule has 2 rings (SSSR count). The minimum Gasteiger partial charge on any atom is -0.464 e. The van der Waals surface area contributed by atoms with Gasteiger partial charge in [-0.3, -0.25) is 9.69 Å². The Morgan fingerprint density at radius 1 is 1.23 bits per heavy atom. The van der Waals surface area contributed by atoms with Gasteiger partial charge in [0, 0.05) is 13.8 Å². The van der Waals surface area contributed by atoms with Gasteiger partial charge in [-0.2, -0.15) is 0 Å². The number of carbonyl (C=O) groups is 3. The third kappa shape index (κ3) is 6.95. The zero-order chi connectivity index (χ0) is 23.2. The quantitative estimate of drug-likeness (QED) is 0.689. The Labute approximate surface area is 185 Å². The predicted molar refractivity (Wildman–Crippen MR) is 117 cm³/mol. The Morgan fingerprint density at radius 2 is 1.87 bits per heavy atom. The summed E-state index contributed by atoms with van der Waals surface area (Å²) in [6.45, 7) is 10.8. The molecule has 8 nitrogen and oxygen atoms in total. The van der Waals surface area contributed by atoms with Gasteiger partial charge < -0.3 is 19.5 Å². The maximum absolute atomic E-state index is 13.3. The lowest BCUT2D eigenvalue weighted by atomic mass is 9.92. The van der Waals surface area contributed by atoms with Gasteiger partial charge in [-0.1, -0.05) is 37.3 Å². The molecule has 1 fully saturated rings. The van der Waals surface area contributed by atoms with Gasteiger partial charge in [0.25, 0.3) is 0 Å². The molecule has 2 amide bonds. The van der Waals surface area contributed by atoms with Crippen molar-refractivity contribution in [3.63, 3.8) is 0 Å². The van der Waals surface area contributed by atoms with E-state index in [9.17, 15) is 14.4 Å². The summed E-state index contributed by atoms with van der Waals surface area (Å²) in [6.07, 6.45) is -0.600. The summed E-state index contributed by atoms with van der Waals surface area (Å²) in [6, 6.07) is 7.66. The van der Waals surface area contributed by atoms with Crippen molar-refractivity contribution in [1.82, 2.24) is 10.2 Å². The summed E-state index contributed by atoms with van der Waals surface area (Å²) in [5.74, 6) is -1.26. The van der Waals surface area contributed by atoms with Crippen LogP contribution in [0.5, 0.6) is 0 Å². The van der Waals surface area contributed by atoms with Crippen molar-refractivity contribution in [2.75, 3.05) is 13.3 Å². The topological polar surface area (TPSA) is 94.2 Å². The van der Waals surface area contributed by atoms with Gasteiger partial charge in [0.15, 0.2) is 0 Å². The highest BCUT2D eigenvalue weighted by atomic mass is 16.6. The number of carbonyl (C=O) groups excluding carboxylic acids is 3. The monoisotopic (exact) mass is 436 g/mol. The maximum atomic E-state index is 13.3. The third-order valence-corrected chi connectivity index (χ3v) is 5.12. The molecule has 1 aliphatic heterocycles. The van der Waals surface area contributed by atoms with Crippen molar-refractivity contribution in [3.8, 4) is 0 Å². The van der Waals surface area contributed by atoms with Crippen molar-refractivity contribution in [2.24, 2.45) is 5.92 Å². The lowest BCUT2D eigenvalue weighted by Crippen LogP contribution is -2.61. The molecule has 0 radical (unpaired) electrons. The second kappa shape index (κ2) is 10.6. The number of rotatable bonds is 6. The number of hydrogen-bond acceptors (Lipinski definition) is 6. The molecule has 1 heterocycles. The van der Waals surface area contributed by atoms with Crippen LogP contribution in [-0.4, -0.2) is 60.0 Å². The average Bonchev–Trinajstić information content (AvgIpc) is 2.68. The van der Waals surface area contributed by atoms with E-state index in [1.807, 2.05) is 44.2 Å². The number of nitrogens with one attached hydrogen (secondary N) is 1. The number of benzene rings is 1. The van der Waals surface area contributed by atoms with Crippen molar-refractivity contribution in [1.29, 1.82) is 0 Å².